The Morgan fingerprint density at radius 2 is 1.05 bits per heavy atom. The zero-order chi connectivity index (χ0) is 44.4. The predicted molar refractivity (Wildman–Crippen MR) is 232 cm³/mol. The van der Waals surface area contributed by atoms with Crippen LogP contribution >= 0.6 is 7.82 Å². The van der Waals surface area contributed by atoms with Crippen LogP contribution in [-0.2, 0) is 32.7 Å². The van der Waals surface area contributed by atoms with Gasteiger partial charge in [-0.25, -0.2) is 4.57 Å². The number of carbonyl (C=O) groups is 2. The molecule has 1 aliphatic rings. The topological polar surface area (TPSA) is 230 Å². The number of esters is 2. The number of ether oxygens (including phenoxy) is 2. The summed E-state index contributed by atoms with van der Waals surface area (Å²) in [4.78, 5) is 35.7. The largest absolute Gasteiger partial charge is 0.472 e. The van der Waals surface area contributed by atoms with Crippen molar-refractivity contribution in [2.45, 2.75) is 223 Å². The highest BCUT2D eigenvalue weighted by Crippen LogP contribution is 2.47. The zero-order valence-electron chi connectivity index (χ0n) is 36.6. The number of unbranched alkanes of at least 4 members (excludes halogenated alkanes) is 18. The molecule has 15 heteroatoms. The van der Waals surface area contributed by atoms with Crippen LogP contribution in [0, 0.1) is 0 Å². The summed E-state index contributed by atoms with van der Waals surface area (Å²) in [5.41, 5.74) is 0. The molecule has 0 aromatic carbocycles. The minimum absolute atomic E-state index is 0.0289. The lowest BCUT2D eigenvalue weighted by Gasteiger charge is -2.41. The molecule has 1 rings (SSSR count). The van der Waals surface area contributed by atoms with Gasteiger partial charge in [0.25, 0.3) is 0 Å². The van der Waals surface area contributed by atoms with Crippen LogP contribution in [0.15, 0.2) is 36.5 Å². The molecule has 1 saturated carbocycles. The van der Waals surface area contributed by atoms with E-state index in [1.165, 1.54) is 57.8 Å². The molecule has 0 spiro atoms. The third kappa shape index (κ3) is 27.9. The molecule has 7 atom stereocenters. The number of carbonyl (C=O) groups excluding carboxylic acids is 2. The van der Waals surface area contributed by atoms with Crippen molar-refractivity contribution in [3.8, 4) is 0 Å². The van der Waals surface area contributed by atoms with E-state index < -0.39 is 81.8 Å². The number of aliphatic hydroxyl groups excluding tert-OH is 6. The second-order valence-electron chi connectivity index (χ2n) is 16.1. The van der Waals surface area contributed by atoms with E-state index in [2.05, 4.69) is 32.1 Å². The van der Waals surface area contributed by atoms with Crippen molar-refractivity contribution >= 4 is 19.8 Å². The van der Waals surface area contributed by atoms with Crippen LogP contribution in [0.4, 0.5) is 0 Å². The first-order chi connectivity index (χ1) is 28.8. The summed E-state index contributed by atoms with van der Waals surface area (Å²) in [5, 5.41) is 60.3. The third-order valence-corrected chi connectivity index (χ3v) is 11.5. The van der Waals surface area contributed by atoms with Crippen LogP contribution < -0.4 is 0 Å². The van der Waals surface area contributed by atoms with Crippen molar-refractivity contribution in [3.63, 3.8) is 0 Å². The standard InChI is InChI=1S/C45H81O14P/c1-3-5-7-9-11-12-13-14-15-16-17-18-20-24-28-32-38(47)56-34-37(35-57-60(54,55)59-45-43(52)41(50)40(49)42(51)44(45)53)58-39(48)33-29-25-21-23-27-31-36(46)30-26-22-19-10-8-6-4-2/h14-15,19,22,26,30,36-37,40-46,49-53H,3-13,16-18,20-21,23-25,27-29,31-35H2,1-2H3,(H,54,55). The fourth-order valence-corrected chi connectivity index (χ4v) is 7.74. The molecule has 14 nitrogen and oxygen atoms in total. The fraction of sp³-hybridized carbons (Fsp3) is 0.822. The van der Waals surface area contributed by atoms with Gasteiger partial charge in [-0.3, -0.25) is 18.6 Å². The number of aliphatic hydroxyl groups is 6. The fourth-order valence-electron chi connectivity index (χ4n) is 6.77. The summed E-state index contributed by atoms with van der Waals surface area (Å²) in [6.45, 7) is 3.16. The molecule has 0 aromatic rings. The van der Waals surface area contributed by atoms with Crippen molar-refractivity contribution < 1.29 is 68.2 Å². The lowest BCUT2D eigenvalue weighted by molar-refractivity contribution is -0.220. The molecule has 0 aromatic heterocycles. The first-order valence-electron chi connectivity index (χ1n) is 22.9. The lowest BCUT2D eigenvalue weighted by atomic mass is 9.85. The lowest BCUT2D eigenvalue weighted by Crippen LogP contribution is -2.64. The van der Waals surface area contributed by atoms with Crippen molar-refractivity contribution in [3.05, 3.63) is 36.5 Å². The molecule has 1 aliphatic carbocycles. The van der Waals surface area contributed by atoms with Crippen LogP contribution in [0.5, 0.6) is 0 Å². The van der Waals surface area contributed by atoms with E-state index in [0.29, 0.717) is 19.3 Å². The van der Waals surface area contributed by atoms with Gasteiger partial charge in [0, 0.05) is 12.8 Å². The molecule has 0 radical (unpaired) electrons. The first kappa shape index (κ1) is 56.0. The Balaban J connectivity index is 2.51. The van der Waals surface area contributed by atoms with E-state index >= 15 is 0 Å². The smallest absolute Gasteiger partial charge is 0.462 e. The molecular weight excluding hydrogens is 795 g/mol. The van der Waals surface area contributed by atoms with E-state index in [1.54, 1.807) is 6.08 Å². The number of phosphoric ester groups is 1. The highest BCUT2D eigenvalue weighted by atomic mass is 31.2. The van der Waals surface area contributed by atoms with Crippen molar-refractivity contribution in [1.29, 1.82) is 0 Å². The Kier molecular flexibility index (Phi) is 33.1. The maximum absolute atomic E-state index is 12.8. The third-order valence-electron chi connectivity index (χ3n) is 10.6. The van der Waals surface area contributed by atoms with Crippen LogP contribution in [0.3, 0.4) is 0 Å². The zero-order valence-corrected chi connectivity index (χ0v) is 37.5. The molecule has 0 bridgehead atoms. The highest BCUT2D eigenvalue weighted by molar-refractivity contribution is 7.47. The van der Waals surface area contributed by atoms with Crippen molar-refractivity contribution in [2.24, 2.45) is 0 Å². The molecule has 0 saturated heterocycles. The molecule has 60 heavy (non-hydrogen) atoms. The minimum atomic E-state index is -5.14. The van der Waals surface area contributed by atoms with E-state index in [1.807, 2.05) is 12.2 Å². The SMILES string of the molecule is CCCCCC=CC=CC(O)CCCCCCCC(=O)OC(COC(=O)CCCCCCCC=CCCCCCCCC)COP(=O)(O)OC1C(O)C(O)C(O)C(O)C1O. The summed E-state index contributed by atoms with van der Waals surface area (Å²) in [7, 11) is -5.14. The van der Waals surface area contributed by atoms with Gasteiger partial charge in [-0.2, -0.15) is 0 Å². The van der Waals surface area contributed by atoms with Crippen LogP contribution in [0.2, 0.25) is 0 Å². The Labute approximate surface area is 360 Å². The van der Waals surface area contributed by atoms with Gasteiger partial charge in [0.05, 0.1) is 12.7 Å². The van der Waals surface area contributed by atoms with E-state index in [9.17, 15) is 49.7 Å². The van der Waals surface area contributed by atoms with Gasteiger partial charge < -0.3 is 45.0 Å². The van der Waals surface area contributed by atoms with E-state index in [-0.39, 0.29) is 12.8 Å². The molecule has 1 fully saturated rings. The molecule has 350 valence electrons. The van der Waals surface area contributed by atoms with Gasteiger partial charge in [-0.05, 0) is 57.8 Å². The van der Waals surface area contributed by atoms with E-state index in [0.717, 1.165) is 70.6 Å². The summed E-state index contributed by atoms with van der Waals surface area (Å²) in [6, 6.07) is 0. The van der Waals surface area contributed by atoms with Gasteiger partial charge in [-0.15, -0.1) is 0 Å². The van der Waals surface area contributed by atoms with Crippen LogP contribution in [0.25, 0.3) is 0 Å². The summed E-state index contributed by atoms with van der Waals surface area (Å²) in [6.07, 6.45) is 22.1. The van der Waals surface area contributed by atoms with Gasteiger partial charge in [0.15, 0.2) is 6.10 Å². The number of rotatable bonds is 37. The molecule has 0 amide bonds. The van der Waals surface area contributed by atoms with Crippen molar-refractivity contribution in [1.82, 2.24) is 0 Å². The monoisotopic (exact) mass is 877 g/mol. The average Bonchev–Trinajstić information content (AvgIpc) is 3.22. The highest BCUT2D eigenvalue weighted by Gasteiger charge is 2.51. The Morgan fingerprint density at radius 3 is 1.65 bits per heavy atom. The first-order valence-corrected chi connectivity index (χ1v) is 24.4. The quantitative estimate of drug-likeness (QED) is 0.0105. The second kappa shape index (κ2) is 35.5. The van der Waals surface area contributed by atoms with Crippen LogP contribution in [0.1, 0.15) is 174 Å². The van der Waals surface area contributed by atoms with E-state index in [4.69, 9.17) is 18.5 Å². The summed E-state index contributed by atoms with van der Waals surface area (Å²) >= 11 is 0. The predicted octanol–water partition coefficient (Wildman–Crippen LogP) is 7.58. The molecule has 7 N–H and O–H groups in total. The summed E-state index contributed by atoms with van der Waals surface area (Å²) in [5.74, 6) is -1.18. The number of hydrogen-bond acceptors (Lipinski definition) is 13. The Hall–Kier alpha value is -1.97. The molecule has 0 aliphatic heterocycles. The van der Waals surface area contributed by atoms with Gasteiger partial charge in [0.2, 0.25) is 0 Å². The maximum Gasteiger partial charge on any atom is 0.472 e. The Morgan fingerprint density at radius 1 is 0.583 bits per heavy atom. The van der Waals surface area contributed by atoms with Gasteiger partial charge in [0.1, 0.15) is 43.2 Å². The number of hydrogen-bond donors (Lipinski definition) is 7. The summed E-state index contributed by atoms with van der Waals surface area (Å²) < 4.78 is 33.4. The Bertz CT molecular complexity index is 1210. The maximum atomic E-state index is 12.8. The van der Waals surface area contributed by atoms with Crippen LogP contribution in [-0.4, -0.2) is 110 Å². The van der Waals surface area contributed by atoms with Gasteiger partial charge in [-0.1, -0.05) is 140 Å². The number of phosphoric acid groups is 1. The van der Waals surface area contributed by atoms with Crippen molar-refractivity contribution in [2.75, 3.05) is 13.2 Å². The average molecular weight is 877 g/mol. The normalized spacial score (nSPS) is 23.0. The molecule has 7 unspecified atom stereocenters. The molecular formula is C45H81O14P. The molecule has 0 heterocycles. The van der Waals surface area contributed by atoms with Gasteiger partial charge >= 0.3 is 19.8 Å². The minimum Gasteiger partial charge on any atom is -0.462 e. The second-order valence-corrected chi connectivity index (χ2v) is 17.5. The number of allylic oxidation sites excluding steroid dienone is 5.